The van der Waals surface area contributed by atoms with E-state index in [-0.39, 0.29) is 26.3 Å². The van der Waals surface area contributed by atoms with Crippen LogP contribution in [0.3, 0.4) is 0 Å². The summed E-state index contributed by atoms with van der Waals surface area (Å²) in [6, 6.07) is 9.59. The molecule has 0 aliphatic heterocycles. The highest BCUT2D eigenvalue weighted by Crippen LogP contribution is 2.65. The minimum atomic E-state index is -6.03. The van der Waals surface area contributed by atoms with E-state index in [9.17, 15) is 40.4 Å². The lowest BCUT2D eigenvalue weighted by Gasteiger charge is -2.17. The van der Waals surface area contributed by atoms with Crippen molar-refractivity contribution in [2.24, 2.45) is 5.92 Å². The second-order valence-corrected chi connectivity index (χ2v) is 14.8. The van der Waals surface area contributed by atoms with Crippen LogP contribution in [0.4, 0.5) is 39.0 Å². The highest BCUT2D eigenvalue weighted by molar-refractivity contribution is 7.93. The Kier molecular flexibility index (Phi) is 10.1. The first-order valence-electron chi connectivity index (χ1n) is 12.5. The maximum Gasteiger partial charge on any atom is 0.498 e. The first-order valence-corrected chi connectivity index (χ1v) is 16.0. The van der Waals surface area contributed by atoms with Crippen LogP contribution < -0.4 is 16.0 Å². The van der Waals surface area contributed by atoms with Crippen molar-refractivity contribution in [3.05, 3.63) is 86.4 Å². The second kappa shape index (κ2) is 13.0. The van der Waals surface area contributed by atoms with Crippen molar-refractivity contribution in [1.82, 2.24) is 0 Å². The lowest BCUT2D eigenvalue weighted by molar-refractivity contribution is -0.117. The molecule has 1 fully saturated rings. The molecule has 246 valence electrons. The summed E-state index contributed by atoms with van der Waals surface area (Å²) in [6.45, 7) is 0.379. The Morgan fingerprint density at radius 3 is 2.11 bits per heavy atom. The van der Waals surface area contributed by atoms with Gasteiger partial charge in [0, 0.05) is 11.6 Å². The van der Waals surface area contributed by atoms with E-state index in [2.05, 4.69) is 10.6 Å². The summed E-state index contributed by atoms with van der Waals surface area (Å²) in [5.41, 5.74) is -7.65. The number of carbonyl (C=O) groups is 3. The third kappa shape index (κ3) is 7.02. The number of anilines is 3. The number of carbonyl (C=O) groups excluding carboxylic acids is 3. The van der Waals surface area contributed by atoms with Crippen LogP contribution in [-0.2, 0) is 19.4 Å². The predicted octanol–water partition coefficient (Wildman–Crippen LogP) is 7.96. The average Bonchev–Trinajstić information content (AvgIpc) is 3.55. The van der Waals surface area contributed by atoms with E-state index in [0.29, 0.717) is 18.6 Å². The van der Waals surface area contributed by atoms with Crippen molar-refractivity contribution in [2.45, 2.75) is 27.9 Å². The van der Waals surface area contributed by atoms with Crippen LogP contribution in [0.25, 0.3) is 0 Å². The van der Waals surface area contributed by atoms with Crippen LogP contribution in [0, 0.1) is 17.6 Å². The van der Waals surface area contributed by atoms with E-state index in [1.165, 1.54) is 29.6 Å². The summed E-state index contributed by atoms with van der Waals surface area (Å²) in [5.74, 6) is -8.37. The Labute approximate surface area is 282 Å². The molecule has 0 bridgehead atoms. The average molecular weight is 768 g/mol. The second-order valence-electron chi connectivity index (χ2n) is 9.85. The Bertz CT molecular complexity index is 1880. The number of alkyl halides is 5. The standard InChI is InChI=1S/C27H17Cl5F5N3O5S/c1-10(46(44,45)27(35,36)37)23(41)40-22-17(33)6-7-18(21(22)34)39-24(42)13-9-12(3-5-14(13)28)38-25(43)20-19(26(20,31)32)11-2-4-15(29)16(30)8-11/h2-10,19-20H,1H3,(H,38,43)(H,39,42)(H,40,41)/t10?,19-,20+/m0/s1. The van der Waals surface area contributed by atoms with Crippen molar-refractivity contribution in [3.8, 4) is 0 Å². The molecule has 3 atom stereocenters. The summed E-state index contributed by atoms with van der Waals surface area (Å²) in [4.78, 5) is 38.2. The maximum absolute atomic E-state index is 15.1. The zero-order valence-electron chi connectivity index (χ0n) is 22.6. The lowest BCUT2D eigenvalue weighted by atomic mass is 10.1. The minimum Gasteiger partial charge on any atom is -0.326 e. The van der Waals surface area contributed by atoms with E-state index in [4.69, 9.17) is 58.0 Å². The van der Waals surface area contributed by atoms with Crippen LogP contribution in [0.15, 0.2) is 48.5 Å². The van der Waals surface area contributed by atoms with Gasteiger partial charge in [-0.15, -0.1) is 23.2 Å². The fourth-order valence-electron chi connectivity index (χ4n) is 4.29. The zero-order chi connectivity index (χ0) is 34.5. The molecule has 0 saturated heterocycles. The number of hydrogen-bond donors (Lipinski definition) is 3. The molecule has 1 saturated carbocycles. The van der Waals surface area contributed by atoms with Gasteiger partial charge in [-0.05, 0) is 55.0 Å². The number of benzene rings is 3. The highest BCUT2D eigenvalue weighted by Gasteiger charge is 2.67. The number of rotatable bonds is 8. The van der Waals surface area contributed by atoms with Crippen molar-refractivity contribution in [3.63, 3.8) is 0 Å². The number of halogens is 10. The normalized spacial score (nSPS) is 18.0. The summed E-state index contributed by atoms with van der Waals surface area (Å²) in [5, 5.41) is 3.64. The van der Waals surface area contributed by atoms with E-state index in [1.807, 2.05) is 0 Å². The molecule has 3 aromatic rings. The zero-order valence-corrected chi connectivity index (χ0v) is 27.2. The maximum atomic E-state index is 15.1. The van der Waals surface area contributed by atoms with Gasteiger partial charge in [-0.3, -0.25) is 14.4 Å². The van der Waals surface area contributed by atoms with E-state index < -0.39 is 77.5 Å². The van der Waals surface area contributed by atoms with Gasteiger partial charge in [0.25, 0.3) is 15.7 Å². The van der Waals surface area contributed by atoms with Gasteiger partial charge in [0.05, 0.1) is 32.2 Å². The van der Waals surface area contributed by atoms with Crippen LogP contribution >= 0.6 is 58.0 Å². The largest absolute Gasteiger partial charge is 0.498 e. The Hall–Kier alpha value is -2.88. The fraction of sp³-hybridized carbons (Fsp3) is 0.222. The van der Waals surface area contributed by atoms with E-state index in [1.54, 1.807) is 6.07 Å². The molecule has 1 unspecified atom stereocenters. The molecular weight excluding hydrogens is 751 g/mol. The summed E-state index contributed by atoms with van der Waals surface area (Å²) < 4.78 is 89.5. The molecule has 0 heterocycles. The van der Waals surface area contributed by atoms with Gasteiger partial charge < -0.3 is 16.0 Å². The molecule has 1 aliphatic carbocycles. The first kappa shape index (κ1) is 36.0. The van der Waals surface area contributed by atoms with Gasteiger partial charge in [0.1, 0.15) is 21.1 Å². The Morgan fingerprint density at radius 1 is 0.870 bits per heavy atom. The molecule has 8 nitrogen and oxygen atoms in total. The third-order valence-corrected chi connectivity index (χ3v) is 10.7. The van der Waals surface area contributed by atoms with Crippen LogP contribution in [0.5, 0.6) is 0 Å². The molecule has 3 aromatic carbocycles. The minimum absolute atomic E-state index is 0.0378. The first-order chi connectivity index (χ1) is 21.2. The smallest absolute Gasteiger partial charge is 0.326 e. The molecule has 1 aliphatic rings. The third-order valence-electron chi connectivity index (χ3n) is 6.86. The summed E-state index contributed by atoms with van der Waals surface area (Å²) >= 11 is 30.9. The molecular formula is C27H17Cl5F5N3O5S. The molecule has 19 heteroatoms. The topological polar surface area (TPSA) is 121 Å². The van der Waals surface area contributed by atoms with Crippen molar-refractivity contribution in [1.29, 1.82) is 0 Å². The number of sulfone groups is 1. The molecule has 4 rings (SSSR count). The van der Waals surface area contributed by atoms with Crippen LogP contribution in [0.2, 0.25) is 15.1 Å². The number of amides is 3. The Balaban J connectivity index is 1.51. The summed E-state index contributed by atoms with van der Waals surface area (Å²) in [7, 11) is -6.03. The van der Waals surface area contributed by atoms with Crippen molar-refractivity contribution in [2.75, 3.05) is 16.0 Å². The van der Waals surface area contributed by atoms with Crippen molar-refractivity contribution < 1.29 is 44.8 Å². The number of hydrogen-bond acceptors (Lipinski definition) is 5. The van der Waals surface area contributed by atoms with Gasteiger partial charge >= 0.3 is 5.51 Å². The van der Waals surface area contributed by atoms with Crippen LogP contribution in [-0.4, -0.2) is 41.2 Å². The fourth-order valence-corrected chi connectivity index (χ4v) is 6.37. The monoisotopic (exact) mass is 765 g/mol. The predicted molar refractivity (Wildman–Crippen MR) is 165 cm³/mol. The lowest BCUT2D eigenvalue weighted by Crippen LogP contribution is -2.40. The van der Waals surface area contributed by atoms with E-state index >= 15 is 4.39 Å². The summed E-state index contributed by atoms with van der Waals surface area (Å²) in [6.07, 6.45) is 0. The molecule has 0 spiro atoms. The van der Waals surface area contributed by atoms with Gasteiger partial charge in [0.15, 0.2) is 5.82 Å². The van der Waals surface area contributed by atoms with Crippen LogP contribution in [0.1, 0.15) is 28.8 Å². The van der Waals surface area contributed by atoms with Gasteiger partial charge in [-0.1, -0.05) is 40.9 Å². The highest BCUT2D eigenvalue weighted by atomic mass is 35.5. The number of nitrogens with one attached hydrogen (secondary N) is 3. The molecule has 0 radical (unpaired) electrons. The molecule has 3 N–H and O–H groups in total. The Morgan fingerprint density at radius 2 is 1.50 bits per heavy atom. The van der Waals surface area contributed by atoms with Gasteiger partial charge in [-0.25, -0.2) is 17.2 Å². The quantitative estimate of drug-likeness (QED) is 0.159. The molecule has 46 heavy (non-hydrogen) atoms. The van der Waals surface area contributed by atoms with Crippen molar-refractivity contribution >= 4 is 103 Å². The van der Waals surface area contributed by atoms with Gasteiger partial charge in [-0.2, -0.15) is 13.2 Å². The van der Waals surface area contributed by atoms with E-state index in [0.717, 1.165) is 12.1 Å². The molecule has 0 aromatic heterocycles. The van der Waals surface area contributed by atoms with Gasteiger partial charge in [0.2, 0.25) is 11.8 Å². The SMILES string of the molecule is CC(C(=O)Nc1c(F)ccc(NC(=O)c2cc(NC(=O)[C@H]3[C@H](c4ccc(Cl)c(Cl)c4)C3(Cl)Cl)ccc2Cl)c1F)S(=O)(=O)C(F)(F)F. The molecule has 3 amide bonds.